The molecule has 0 fully saturated rings. The van der Waals surface area contributed by atoms with Gasteiger partial charge in [-0.25, -0.2) is 9.59 Å². The number of rotatable bonds is 4. The molecule has 0 saturated carbocycles. The Morgan fingerprint density at radius 3 is 2.53 bits per heavy atom. The number of aromatic nitrogens is 1. The summed E-state index contributed by atoms with van der Waals surface area (Å²) in [6.07, 6.45) is 0. The fraction of sp³-hybridized carbons (Fsp3) is 0.500. The monoisotopic (exact) mass is 239 g/mol. The zero-order valence-electron chi connectivity index (χ0n) is 10.5. The third-order valence-corrected chi connectivity index (χ3v) is 2.19. The van der Waals surface area contributed by atoms with Crippen LogP contribution >= 0.6 is 0 Å². The molecule has 1 aromatic rings. The van der Waals surface area contributed by atoms with Crippen LogP contribution in [-0.2, 0) is 9.47 Å². The number of esters is 2. The van der Waals surface area contributed by atoms with Gasteiger partial charge in [0.25, 0.3) is 0 Å². The number of aryl methyl sites for hydroxylation is 1. The molecule has 0 bridgehead atoms. The molecule has 0 unspecified atom stereocenters. The van der Waals surface area contributed by atoms with Gasteiger partial charge in [0.05, 0.1) is 19.3 Å². The van der Waals surface area contributed by atoms with Gasteiger partial charge in [0.15, 0.2) is 0 Å². The van der Waals surface area contributed by atoms with Crippen molar-refractivity contribution in [1.29, 1.82) is 0 Å². The Bertz CT molecular complexity index is 420. The second-order valence-electron chi connectivity index (χ2n) is 4.21. The molecule has 5 nitrogen and oxygen atoms in total. The van der Waals surface area contributed by atoms with Crippen LogP contribution in [0.15, 0.2) is 6.07 Å². The van der Waals surface area contributed by atoms with E-state index in [1.54, 1.807) is 6.92 Å². The lowest BCUT2D eigenvalue weighted by molar-refractivity contribution is 0.0452. The summed E-state index contributed by atoms with van der Waals surface area (Å²) in [7, 11) is 1.30. The minimum Gasteiger partial charge on any atom is -0.465 e. The SMILES string of the molecule is COC(=O)c1cc(C(=O)OCC(C)C)[nH]c1C. The average Bonchev–Trinajstić information content (AvgIpc) is 2.67. The van der Waals surface area contributed by atoms with E-state index in [0.717, 1.165) is 0 Å². The van der Waals surface area contributed by atoms with Crippen LogP contribution in [0.5, 0.6) is 0 Å². The molecule has 0 amide bonds. The average molecular weight is 239 g/mol. The van der Waals surface area contributed by atoms with Gasteiger partial charge in [0.2, 0.25) is 0 Å². The molecule has 0 aliphatic carbocycles. The van der Waals surface area contributed by atoms with Gasteiger partial charge >= 0.3 is 11.9 Å². The van der Waals surface area contributed by atoms with E-state index < -0.39 is 11.9 Å². The summed E-state index contributed by atoms with van der Waals surface area (Å²) >= 11 is 0. The van der Waals surface area contributed by atoms with Gasteiger partial charge in [-0.3, -0.25) is 0 Å². The van der Waals surface area contributed by atoms with Crippen LogP contribution in [0, 0.1) is 12.8 Å². The number of carbonyl (C=O) groups excluding carboxylic acids is 2. The first kappa shape index (κ1) is 13.3. The van der Waals surface area contributed by atoms with Gasteiger partial charge in [0.1, 0.15) is 5.69 Å². The second-order valence-corrected chi connectivity index (χ2v) is 4.21. The number of carbonyl (C=O) groups is 2. The number of hydrogen-bond donors (Lipinski definition) is 1. The van der Waals surface area contributed by atoms with Crippen LogP contribution < -0.4 is 0 Å². The summed E-state index contributed by atoms with van der Waals surface area (Å²) in [6.45, 7) is 5.95. The predicted octanol–water partition coefficient (Wildman–Crippen LogP) is 1.92. The predicted molar refractivity (Wildman–Crippen MR) is 62.0 cm³/mol. The number of ether oxygens (including phenoxy) is 2. The number of H-pyrrole nitrogens is 1. The molecule has 17 heavy (non-hydrogen) atoms. The normalized spacial score (nSPS) is 10.4. The van der Waals surface area contributed by atoms with Gasteiger partial charge in [-0.2, -0.15) is 0 Å². The molecule has 0 saturated heterocycles. The highest BCUT2D eigenvalue weighted by molar-refractivity contribution is 5.95. The van der Waals surface area contributed by atoms with Crippen molar-refractivity contribution in [3.05, 3.63) is 23.0 Å². The van der Waals surface area contributed by atoms with E-state index in [2.05, 4.69) is 9.72 Å². The van der Waals surface area contributed by atoms with Gasteiger partial charge in [-0.05, 0) is 18.9 Å². The molecular formula is C12H17NO4. The lowest BCUT2D eigenvalue weighted by Crippen LogP contribution is -2.10. The maximum Gasteiger partial charge on any atom is 0.354 e. The first-order valence-electron chi connectivity index (χ1n) is 5.40. The standard InChI is InChI=1S/C12H17NO4/c1-7(2)6-17-12(15)10-5-9(8(3)13-10)11(14)16-4/h5,7,13H,6H2,1-4H3. The van der Waals surface area contributed by atoms with Gasteiger partial charge in [-0.1, -0.05) is 13.8 Å². The molecule has 0 aliphatic rings. The summed E-state index contributed by atoms with van der Waals surface area (Å²) < 4.78 is 9.65. The maximum absolute atomic E-state index is 11.6. The maximum atomic E-state index is 11.6. The minimum absolute atomic E-state index is 0.267. The van der Waals surface area contributed by atoms with Crippen LogP contribution in [-0.4, -0.2) is 30.6 Å². The Morgan fingerprint density at radius 1 is 1.35 bits per heavy atom. The molecule has 0 aromatic carbocycles. The second kappa shape index (κ2) is 5.52. The highest BCUT2D eigenvalue weighted by atomic mass is 16.5. The fourth-order valence-electron chi connectivity index (χ4n) is 1.31. The first-order chi connectivity index (χ1) is 7.95. The quantitative estimate of drug-likeness (QED) is 0.815. The van der Waals surface area contributed by atoms with Crippen molar-refractivity contribution in [3.63, 3.8) is 0 Å². The van der Waals surface area contributed by atoms with E-state index in [1.807, 2.05) is 13.8 Å². The van der Waals surface area contributed by atoms with Crippen molar-refractivity contribution in [2.75, 3.05) is 13.7 Å². The molecule has 1 heterocycles. The summed E-state index contributed by atoms with van der Waals surface area (Å²) in [5, 5.41) is 0. The summed E-state index contributed by atoms with van der Waals surface area (Å²) in [5.74, 6) is -0.659. The van der Waals surface area contributed by atoms with Gasteiger partial charge in [-0.15, -0.1) is 0 Å². The van der Waals surface area contributed by atoms with E-state index >= 15 is 0 Å². The fourth-order valence-corrected chi connectivity index (χ4v) is 1.31. The van der Waals surface area contributed by atoms with Gasteiger partial charge in [0, 0.05) is 5.69 Å². The molecule has 0 aliphatic heterocycles. The highest BCUT2D eigenvalue weighted by Crippen LogP contribution is 2.12. The summed E-state index contributed by atoms with van der Waals surface area (Å²) in [6, 6.07) is 1.45. The summed E-state index contributed by atoms with van der Waals surface area (Å²) in [4.78, 5) is 25.8. The van der Waals surface area contributed by atoms with Crippen LogP contribution in [0.1, 0.15) is 40.4 Å². The third kappa shape index (κ3) is 3.34. The third-order valence-electron chi connectivity index (χ3n) is 2.19. The van der Waals surface area contributed by atoms with Crippen LogP contribution in [0.4, 0.5) is 0 Å². The lowest BCUT2D eigenvalue weighted by Gasteiger charge is -2.05. The van der Waals surface area contributed by atoms with E-state index in [4.69, 9.17) is 4.74 Å². The number of methoxy groups -OCH3 is 1. The van der Waals surface area contributed by atoms with Crippen molar-refractivity contribution < 1.29 is 19.1 Å². The van der Waals surface area contributed by atoms with E-state index in [0.29, 0.717) is 17.9 Å². The minimum atomic E-state index is -0.471. The van der Waals surface area contributed by atoms with Crippen molar-refractivity contribution in [1.82, 2.24) is 4.98 Å². The Kier molecular flexibility index (Phi) is 4.31. The van der Waals surface area contributed by atoms with E-state index in [1.165, 1.54) is 13.2 Å². The van der Waals surface area contributed by atoms with Crippen LogP contribution in [0.3, 0.4) is 0 Å². The van der Waals surface area contributed by atoms with Crippen molar-refractivity contribution in [2.45, 2.75) is 20.8 Å². The highest BCUT2D eigenvalue weighted by Gasteiger charge is 2.17. The molecular weight excluding hydrogens is 222 g/mol. The van der Waals surface area contributed by atoms with Crippen molar-refractivity contribution in [3.8, 4) is 0 Å². The zero-order chi connectivity index (χ0) is 13.0. The van der Waals surface area contributed by atoms with Crippen molar-refractivity contribution >= 4 is 11.9 Å². The van der Waals surface area contributed by atoms with E-state index in [9.17, 15) is 9.59 Å². The van der Waals surface area contributed by atoms with E-state index in [-0.39, 0.29) is 11.6 Å². The molecule has 1 aromatic heterocycles. The van der Waals surface area contributed by atoms with Gasteiger partial charge < -0.3 is 14.5 Å². The number of aromatic amines is 1. The Hall–Kier alpha value is -1.78. The topological polar surface area (TPSA) is 68.4 Å². The molecule has 1 rings (SSSR count). The number of hydrogen-bond acceptors (Lipinski definition) is 4. The first-order valence-corrected chi connectivity index (χ1v) is 5.40. The Morgan fingerprint density at radius 2 is 2.00 bits per heavy atom. The Balaban J connectivity index is 2.79. The molecule has 0 atom stereocenters. The Labute approximate surface area is 100 Å². The molecule has 0 radical (unpaired) electrons. The summed E-state index contributed by atoms with van der Waals surface area (Å²) in [5.41, 5.74) is 1.21. The number of nitrogens with one attached hydrogen (secondary N) is 1. The lowest BCUT2D eigenvalue weighted by atomic mass is 10.2. The zero-order valence-corrected chi connectivity index (χ0v) is 10.5. The smallest absolute Gasteiger partial charge is 0.354 e. The van der Waals surface area contributed by atoms with Crippen LogP contribution in [0.2, 0.25) is 0 Å². The van der Waals surface area contributed by atoms with Crippen LogP contribution in [0.25, 0.3) is 0 Å². The largest absolute Gasteiger partial charge is 0.465 e. The molecule has 94 valence electrons. The molecule has 0 spiro atoms. The molecule has 1 N–H and O–H groups in total. The molecule has 5 heteroatoms. The van der Waals surface area contributed by atoms with Crippen molar-refractivity contribution in [2.24, 2.45) is 5.92 Å².